The van der Waals surface area contributed by atoms with Crippen molar-refractivity contribution < 1.29 is 14.1 Å². The zero-order chi connectivity index (χ0) is 25.1. The third-order valence-corrected chi connectivity index (χ3v) is 16.0. The molecule has 0 aromatic rings. The molecule has 5 aliphatic rings. The van der Waals surface area contributed by atoms with Gasteiger partial charge in [0.25, 0.3) is 0 Å². The van der Waals surface area contributed by atoms with Gasteiger partial charge in [-0.2, -0.15) is 0 Å². The van der Waals surface area contributed by atoms with Gasteiger partial charge in [-0.05, 0) is 105 Å². The summed E-state index contributed by atoms with van der Waals surface area (Å²) in [6.07, 6.45) is 13.1. The molecule has 0 aromatic heterocycles. The van der Waals surface area contributed by atoms with Crippen molar-refractivity contribution in [3.8, 4) is 0 Å². The van der Waals surface area contributed by atoms with E-state index in [0.29, 0.717) is 35.6 Å². The zero-order valence-corrected chi connectivity index (χ0v) is 24.2. The molecule has 3 saturated carbocycles. The van der Waals surface area contributed by atoms with Crippen molar-refractivity contribution in [1.29, 1.82) is 0 Å². The van der Waals surface area contributed by atoms with E-state index in [9.17, 15) is 4.79 Å². The lowest BCUT2D eigenvalue weighted by atomic mass is 9.45. The van der Waals surface area contributed by atoms with E-state index in [1.54, 1.807) is 0 Å². The molecular formula is C29H50N2O3Si. The Morgan fingerprint density at radius 2 is 1.91 bits per heavy atom. The molecular weight excluding hydrogens is 452 g/mol. The number of carbonyl (C=O) groups is 1. The molecule has 4 fully saturated rings. The molecule has 7 atom stereocenters. The number of ketones is 1. The number of hydroxylamine groups is 1. The molecule has 3 unspecified atom stereocenters. The average molecular weight is 503 g/mol. The second-order valence-electron chi connectivity index (χ2n) is 14.4. The fourth-order valence-electron chi connectivity index (χ4n) is 8.33. The minimum atomic E-state index is -1.97. The summed E-state index contributed by atoms with van der Waals surface area (Å²) in [7, 11) is -1.97. The molecule has 198 valence electrons. The first-order valence-corrected chi connectivity index (χ1v) is 17.4. The van der Waals surface area contributed by atoms with Crippen molar-refractivity contribution in [2.24, 2.45) is 34.5 Å². The maximum Gasteiger partial charge on any atom is 0.192 e. The minimum Gasteiger partial charge on any atom is -0.416 e. The minimum absolute atomic E-state index is 0.146. The highest BCUT2D eigenvalue weighted by atomic mass is 28.4. The van der Waals surface area contributed by atoms with Gasteiger partial charge in [-0.25, -0.2) is 0 Å². The van der Waals surface area contributed by atoms with Crippen molar-refractivity contribution in [2.45, 2.75) is 110 Å². The van der Waals surface area contributed by atoms with Gasteiger partial charge in [0.15, 0.2) is 14.1 Å². The van der Waals surface area contributed by atoms with Gasteiger partial charge in [0, 0.05) is 24.9 Å². The lowest BCUT2D eigenvalue weighted by Crippen LogP contribution is -2.60. The lowest BCUT2D eigenvalue weighted by molar-refractivity contribution is -0.156. The third-order valence-electron chi connectivity index (χ3n) is 11.5. The third kappa shape index (κ3) is 4.49. The molecule has 4 aliphatic carbocycles. The van der Waals surface area contributed by atoms with E-state index in [-0.39, 0.29) is 16.6 Å². The predicted molar refractivity (Wildman–Crippen MR) is 143 cm³/mol. The van der Waals surface area contributed by atoms with Crippen molar-refractivity contribution in [2.75, 3.05) is 19.7 Å². The van der Waals surface area contributed by atoms with E-state index in [1.807, 2.05) is 6.08 Å². The van der Waals surface area contributed by atoms with Crippen LogP contribution in [0, 0.1) is 34.5 Å². The molecule has 0 aromatic carbocycles. The van der Waals surface area contributed by atoms with Crippen LogP contribution in [0.1, 0.15) is 85.5 Å². The van der Waals surface area contributed by atoms with Crippen LogP contribution in [0.15, 0.2) is 11.8 Å². The number of hydrogen-bond donors (Lipinski definition) is 2. The number of allylic oxidation sites excluding steroid dienone is 2. The highest BCUT2D eigenvalue weighted by Gasteiger charge is 2.62. The van der Waals surface area contributed by atoms with E-state index in [2.05, 4.69) is 51.6 Å². The molecule has 0 amide bonds. The Bertz CT molecular complexity index is 845. The molecule has 0 spiro atoms. The Morgan fingerprint density at radius 3 is 2.63 bits per heavy atom. The molecule has 5 rings (SSSR count). The molecule has 5 nitrogen and oxygen atoms in total. The van der Waals surface area contributed by atoms with E-state index in [1.165, 1.54) is 38.5 Å². The van der Waals surface area contributed by atoms with Crippen molar-refractivity contribution in [3.63, 3.8) is 0 Å². The van der Waals surface area contributed by atoms with Crippen LogP contribution >= 0.6 is 0 Å². The topological polar surface area (TPSA) is 59.6 Å². The van der Waals surface area contributed by atoms with E-state index in [4.69, 9.17) is 9.26 Å². The van der Waals surface area contributed by atoms with Crippen LogP contribution < -0.4 is 10.8 Å². The maximum atomic E-state index is 14.3. The van der Waals surface area contributed by atoms with Crippen molar-refractivity contribution >= 4 is 14.1 Å². The Kier molecular flexibility index (Phi) is 6.85. The van der Waals surface area contributed by atoms with Crippen LogP contribution in [0.5, 0.6) is 0 Å². The summed E-state index contributed by atoms with van der Waals surface area (Å²) in [5, 5.41) is 3.50. The fraction of sp³-hybridized carbons (Fsp3) is 0.897. The monoisotopic (exact) mass is 502 g/mol. The molecule has 1 heterocycles. The van der Waals surface area contributed by atoms with Gasteiger partial charge >= 0.3 is 0 Å². The van der Waals surface area contributed by atoms with Crippen molar-refractivity contribution in [1.82, 2.24) is 10.8 Å². The van der Waals surface area contributed by atoms with Crippen LogP contribution in [0.3, 0.4) is 0 Å². The predicted octanol–water partition coefficient (Wildman–Crippen LogP) is 5.98. The summed E-state index contributed by atoms with van der Waals surface area (Å²) in [4.78, 5) is 20.3. The Balaban J connectivity index is 1.43. The lowest BCUT2D eigenvalue weighted by Gasteiger charge is -2.60. The second-order valence-corrected chi connectivity index (χ2v) is 19.2. The molecule has 1 aliphatic heterocycles. The molecule has 35 heavy (non-hydrogen) atoms. The summed E-state index contributed by atoms with van der Waals surface area (Å²) in [6, 6.07) is 0. The summed E-state index contributed by atoms with van der Waals surface area (Å²) in [6.45, 7) is 16.7. The summed E-state index contributed by atoms with van der Waals surface area (Å²) >= 11 is 0. The highest BCUT2D eigenvalue weighted by molar-refractivity contribution is 6.74. The Labute approximate surface area is 214 Å². The summed E-state index contributed by atoms with van der Waals surface area (Å²) in [5.74, 6) is 2.61. The maximum absolute atomic E-state index is 14.3. The number of carbonyl (C=O) groups excluding carboxylic acids is 1. The largest absolute Gasteiger partial charge is 0.416 e. The Hall–Kier alpha value is -0.693. The second kappa shape index (κ2) is 9.25. The highest BCUT2D eigenvalue weighted by Crippen LogP contribution is 2.65. The van der Waals surface area contributed by atoms with Gasteiger partial charge in [0.2, 0.25) is 0 Å². The fourth-order valence-corrected chi connectivity index (χ4v) is 9.37. The summed E-state index contributed by atoms with van der Waals surface area (Å²) < 4.78 is 6.95. The van der Waals surface area contributed by atoms with E-state index < -0.39 is 8.32 Å². The van der Waals surface area contributed by atoms with Crippen LogP contribution in [0.25, 0.3) is 0 Å². The molecule has 0 radical (unpaired) electrons. The van der Waals surface area contributed by atoms with Gasteiger partial charge in [0.1, 0.15) is 0 Å². The normalized spacial score (nSPS) is 41.7. The first kappa shape index (κ1) is 25.9. The van der Waals surface area contributed by atoms with Crippen LogP contribution in [0.4, 0.5) is 0 Å². The summed E-state index contributed by atoms with van der Waals surface area (Å²) in [5.41, 5.74) is 4.35. The number of fused-ring (bicyclic) bond motifs is 5. The first-order chi connectivity index (χ1) is 16.5. The molecule has 6 heteroatoms. The molecule has 1 saturated heterocycles. The van der Waals surface area contributed by atoms with Gasteiger partial charge in [-0.3, -0.25) is 15.1 Å². The average Bonchev–Trinajstić information content (AvgIpc) is 3.45. The first-order valence-electron chi connectivity index (χ1n) is 14.5. The molecule has 2 N–H and O–H groups in total. The van der Waals surface area contributed by atoms with Gasteiger partial charge in [-0.1, -0.05) is 34.1 Å². The van der Waals surface area contributed by atoms with Gasteiger partial charge < -0.3 is 9.74 Å². The van der Waals surface area contributed by atoms with Gasteiger partial charge in [0.05, 0.1) is 11.5 Å². The van der Waals surface area contributed by atoms with E-state index >= 15 is 0 Å². The Morgan fingerprint density at radius 1 is 1.11 bits per heavy atom. The quantitative estimate of drug-likeness (QED) is 0.346. The van der Waals surface area contributed by atoms with Crippen LogP contribution in [-0.2, 0) is 14.1 Å². The van der Waals surface area contributed by atoms with Crippen molar-refractivity contribution in [3.05, 3.63) is 11.8 Å². The number of nitrogens with one attached hydrogen (secondary N) is 2. The number of hydrogen-bond acceptors (Lipinski definition) is 5. The zero-order valence-electron chi connectivity index (χ0n) is 23.2. The van der Waals surface area contributed by atoms with E-state index in [0.717, 1.165) is 44.0 Å². The SMILES string of the molecule is CC(C)(C)[Si](C)(C)OC[C@@]12C(=O)C=C(NO[C@H]3CCNC3)C[C@@H]1CCC1C3CCC[C@@]3(C)CCC12. The smallest absolute Gasteiger partial charge is 0.192 e. The molecule has 0 bridgehead atoms. The van der Waals surface area contributed by atoms with Gasteiger partial charge in [-0.15, -0.1) is 0 Å². The standard InChI is InChI=1S/C29H50N2O3Si/c1-27(2,3)35(5,6)33-19-29-20(16-21(17-26(29)32)31-34-22-12-15-30-18-22)9-10-23-24-8-7-13-28(24,4)14-11-25(23)29/h17,20,22-25,30-31H,7-16,18-19H2,1-6H3/t20-,22-,23?,24?,25?,28-,29+/m0/s1. The van der Waals surface area contributed by atoms with Crippen LogP contribution in [0.2, 0.25) is 18.1 Å². The van der Waals surface area contributed by atoms with Crippen LogP contribution in [-0.4, -0.2) is 39.9 Å². The number of rotatable bonds is 6.